The number of hydrogen-bond donors (Lipinski definition) is 1. The number of fused-ring (bicyclic) bond motifs is 1. The summed E-state index contributed by atoms with van der Waals surface area (Å²) in [6.07, 6.45) is 3.08. The molecule has 2 heterocycles. The van der Waals surface area contributed by atoms with Crippen LogP contribution < -0.4 is 4.74 Å². The second kappa shape index (κ2) is 9.70. The third-order valence-corrected chi connectivity index (χ3v) is 7.12. The Morgan fingerprint density at radius 3 is 2.72 bits per heavy atom. The minimum absolute atomic E-state index is 0.236. The third kappa shape index (κ3) is 4.44. The minimum Gasteiger partial charge on any atom is -0.493 e. The van der Waals surface area contributed by atoms with E-state index in [1.165, 1.54) is 6.07 Å². The molecule has 0 aliphatic heterocycles. The molecule has 0 spiro atoms. The predicted octanol–water partition coefficient (Wildman–Crippen LogP) is 5.86. The number of rotatable bonds is 7. The molecule has 1 fully saturated rings. The number of H-pyrrole nitrogens is 1. The van der Waals surface area contributed by atoms with Gasteiger partial charge in [-0.2, -0.15) is 5.21 Å². The van der Waals surface area contributed by atoms with Gasteiger partial charge in [-0.1, -0.05) is 36.4 Å². The summed E-state index contributed by atoms with van der Waals surface area (Å²) in [5.74, 6) is 1.95. The molecule has 1 N–H and O–H groups in total. The van der Waals surface area contributed by atoms with Gasteiger partial charge in [0.15, 0.2) is 0 Å². The highest BCUT2D eigenvalue weighted by atomic mass is 35.5. The maximum Gasteiger partial charge on any atom is 0.204 e. The number of alkyl halides is 1. The molecule has 0 bridgehead atoms. The summed E-state index contributed by atoms with van der Waals surface area (Å²) < 4.78 is 23.6. The Kier molecular flexibility index (Phi) is 6.11. The zero-order chi connectivity index (χ0) is 24.5. The molecule has 1 saturated carbocycles. The van der Waals surface area contributed by atoms with Crippen molar-refractivity contribution in [2.75, 3.05) is 6.61 Å². The van der Waals surface area contributed by atoms with Crippen LogP contribution in [-0.4, -0.2) is 42.2 Å². The monoisotopic (exact) mass is 502 g/mol. The van der Waals surface area contributed by atoms with Crippen LogP contribution in [0.2, 0.25) is 0 Å². The summed E-state index contributed by atoms with van der Waals surface area (Å²) in [4.78, 5) is 4.93. The van der Waals surface area contributed by atoms with Crippen LogP contribution >= 0.6 is 11.6 Å². The normalized spacial score (nSPS) is 17.6. The quantitative estimate of drug-likeness (QED) is 0.282. The van der Waals surface area contributed by atoms with Crippen molar-refractivity contribution in [2.45, 2.75) is 31.2 Å². The number of hydrogen-bond acceptors (Lipinski definition) is 5. The van der Waals surface area contributed by atoms with Crippen molar-refractivity contribution >= 4 is 22.6 Å². The number of nitrogens with one attached hydrogen (secondary N) is 1. The van der Waals surface area contributed by atoms with Crippen molar-refractivity contribution in [1.29, 1.82) is 0 Å². The van der Waals surface area contributed by atoms with E-state index in [9.17, 15) is 0 Å². The van der Waals surface area contributed by atoms with Crippen molar-refractivity contribution in [1.82, 2.24) is 30.2 Å². The summed E-state index contributed by atoms with van der Waals surface area (Å²) in [6.45, 7) is 0.922. The molecule has 5 aromatic rings. The third-order valence-electron chi connectivity index (χ3n) is 6.72. The molecule has 2 atom stereocenters. The average molecular weight is 503 g/mol. The highest BCUT2D eigenvalue weighted by Gasteiger charge is 2.24. The molecule has 182 valence electrons. The minimum atomic E-state index is -0.345. The maximum atomic E-state index is 15.2. The van der Waals surface area contributed by atoms with Gasteiger partial charge in [-0.3, -0.25) is 0 Å². The Morgan fingerprint density at radius 2 is 1.92 bits per heavy atom. The first-order chi connectivity index (χ1) is 17.7. The summed E-state index contributed by atoms with van der Waals surface area (Å²) >= 11 is 6.30. The largest absolute Gasteiger partial charge is 0.493 e. The van der Waals surface area contributed by atoms with E-state index >= 15 is 4.39 Å². The predicted molar refractivity (Wildman–Crippen MR) is 136 cm³/mol. The number of aromatic amines is 1. The first kappa shape index (κ1) is 22.7. The lowest BCUT2D eigenvalue weighted by Gasteiger charge is -2.16. The fourth-order valence-corrected chi connectivity index (χ4v) is 5.24. The second-order valence-corrected chi connectivity index (χ2v) is 9.75. The van der Waals surface area contributed by atoms with E-state index in [1.807, 2.05) is 53.1 Å². The van der Waals surface area contributed by atoms with Gasteiger partial charge < -0.3 is 9.30 Å². The summed E-state index contributed by atoms with van der Waals surface area (Å²) in [7, 11) is 0. The van der Waals surface area contributed by atoms with Gasteiger partial charge in [-0.25, -0.2) is 9.37 Å². The van der Waals surface area contributed by atoms with Gasteiger partial charge in [0.1, 0.15) is 17.4 Å². The van der Waals surface area contributed by atoms with Crippen molar-refractivity contribution in [3.05, 3.63) is 78.1 Å². The number of ether oxygens (including phenoxy) is 1. The van der Waals surface area contributed by atoms with Gasteiger partial charge in [-0.15, -0.1) is 21.8 Å². The number of benzene rings is 3. The number of halogens is 2. The highest BCUT2D eigenvalue weighted by Crippen LogP contribution is 2.35. The number of aromatic nitrogens is 6. The Morgan fingerprint density at radius 1 is 1.06 bits per heavy atom. The zero-order valence-electron chi connectivity index (χ0n) is 19.4. The molecular weight excluding hydrogens is 479 g/mol. The lowest BCUT2D eigenvalue weighted by atomic mass is 10.1. The number of imidazole rings is 1. The molecule has 7 nitrogen and oxygen atoms in total. The standard InChI is InChI=1S/C27H24ClFN6O/c28-20-12-9-17(13-20)16-36-25-8-4-1-5-21(25)27-30-23-6-2-3-7-24(23)35(27)15-19-11-10-18(14-22(19)29)26-31-33-34-32-26/h1-8,10-11,14,17,20H,9,12-13,15-16H2,(H,31,32,33,34). The molecule has 0 amide bonds. The zero-order valence-corrected chi connectivity index (χ0v) is 20.2. The summed E-state index contributed by atoms with van der Waals surface area (Å²) in [6, 6.07) is 20.8. The second-order valence-electron chi connectivity index (χ2n) is 9.14. The fourth-order valence-electron chi connectivity index (χ4n) is 4.86. The number of nitrogens with zero attached hydrogens (tertiary/aromatic N) is 5. The van der Waals surface area contributed by atoms with Crippen molar-refractivity contribution < 1.29 is 9.13 Å². The van der Waals surface area contributed by atoms with Gasteiger partial charge in [0.05, 0.1) is 29.7 Å². The lowest BCUT2D eigenvalue weighted by molar-refractivity contribution is 0.253. The number of tetrazole rings is 1. The van der Waals surface area contributed by atoms with Gasteiger partial charge >= 0.3 is 0 Å². The summed E-state index contributed by atoms with van der Waals surface area (Å²) in [5, 5.41) is 14.1. The van der Waals surface area contributed by atoms with Crippen LogP contribution in [0.5, 0.6) is 5.75 Å². The molecule has 3 aromatic carbocycles. The van der Waals surface area contributed by atoms with Gasteiger partial charge in [0.2, 0.25) is 5.82 Å². The van der Waals surface area contributed by atoms with E-state index in [4.69, 9.17) is 21.3 Å². The Hall–Kier alpha value is -3.78. The van der Waals surface area contributed by atoms with Crippen LogP contribution in [0, 0.1) is 11.7 Å². The van der Waals surface area contributed by atoms with Crippen molar-refractivity contribution in [3.63, 3.8) is 0 Å². The van der Waals surface area contributed by atoms with E-state index in [2.05, 4.69) is 20.6 Å². The lowest BCUT2D eigenvalue weighted by Crippen LogP contribution is -2.10. The van der Waals surface area contributed by atoms with Gasteiger partial charge in [0.25, 0.3) is 0 Å². The van der Waals surface area contributed by atoms with Crippen molar-refractivity contribution in [2.24, 2.45) is 5.92 Å². The van der Waals surface area contributed by atoms with Crippen molar-refractivity contribution in [3.8, 4) is 28.5 Å². The Balaban J connectivity index is 1.36. The molecule has 0 radical (unpaired) electrons. The molecule has 1 aliphatic carbocycles. The fraction of sp³-hybridized carbons (Fsp3) is 0.259. The Bertz CT molecular complexity index is 1500. The van der Waals surface area contributed by atoms with Crippen LogP contribution in [0.15, 0.2) is 66.7 Å². The molecule has 0 saturated heterocycles. The summed E-state index contributed by atoms with van der Waals surface area (Å²) in [5.41, 5.74) is 3.73. The highest BCUT2D eigenvalue weighted by molar-refractivity contribution is 6.20. The van der Waals surface area contributed by atoms with Crippen LogP contribution in [0.4, 0.5) is 4.39 Å². The molecule has 1 aliphatic rings. The van der Waals surface area contributed by atoms with E-state index in [1.54, 1.807) is 12.1 Å². The SMILES string of the molecule is Fc1cc(-c2nn[nH]n2)ccc1Cn1c(-c2ccccc2OCC2CCC(Cl)C2)nc2ccccc21. The number of para-hydroxylation sites is 3. The van der Waals surface area contributed by atoms with Crippen LogP contribution in [0.25, 0.3) is 33.8 Å². The Labute approximate surface area is 212 Å². The van der Waals surface area contributed by atoms with E-state index in [-0.39, 0.29) is 11.2 Å². The molecule has 2 unspecified atom stereocenters. The first-order valence-electron chi connectivity index (χ1n) is 12.0. The first-order valence-corrected chi connectivity index (χ1v) is 12.4. The molecule has 9 heteroatoms. The average Bonchev–Trinajstić information content (AvgIpc) is 3.65. The molecular formula is C27H24ClFN6O. The molecule has 36 heavy (non-hydrogen) atoms. The molecule has 6 rings (SSSR count). The maximum absolute atomic E-state index is 15.2. The van der Waals surface area contributed by atoms with Crippen LogP contribution in [-0.2, 0) is 6.54 Å². The van der Waals surface area contributed by atoms with Crippen LogP contribution in [0.3, 0.4) is 0 Å². The van der Waals surface area contributed by atoms with Gasteiger partial charge in [0, 0.05) is 16.5 Å². The molecule has 2 aromatic heterocycles. The van der Waals surface area contributed by atoms with E-state index in [0.717, 1.165) is 47.4 Å². The topological polar surface area (TPSA) is 81.5 Å². The van der Waals surface area contributed by atoms with Crippen LogP contribution in [0.1, 0.15) is 24.8 Å². The van der Waals surface area contributed by atoms with E-state index in [0.29, 0.717) is 36.0 Å². The van der Waals surface area contributed by atoms with E-state index < -0.39 is 0 Å². The smallest absolute Gasteiger partial charge is 0.204 e. The van der Waals surface area contributed by atoms with Gasteiger partial charge in [-0.05, 0) is 60.7 Å².